The van der Waals surface area contributed by atoms with Crippen LogP contribution in [0, 0.1) is 6.92 Å². The third kappa shape index (κ3) is 5.54. The number of hydrogen-bond donors (Lipinski definition) is 1. The van der Waals surface area contributed by atoms with Crippen molar-refractivity contribution in [2.75, 3.05) is 39.8 Å². The average Bonchev–Trinajstić information content (AvgIpc) is 3.29. The Hall–Kier alpha value is -1.93. The molecule has 1 fully saturated rings. The fraction of sp³-hybridized carbons (Fsp3) is 0.650. The van der Waals surface area contributed by atoms with E-state index in [1.165, 1.54) is 10.7 Å². The number of guanidine groups is 1. The van der Waals surface area contributed by atoms with E-state index in [1.807, 2.05) is 20.0 Å². The number of aliphatic imine (C=N–C) groups is 1. The maximum atomic E-state index is 5.16. The smallest absolute Gasteiger partial charge is 0.193 e. The second-order valence-electron chi connectivity index (χ2n) is 8.29. The van der Waals surface area contributed by atoms with Crippen LogP contribution in [0.15, 0.2) is 21.0 Å². The first kappa shape index (κ1) is 20.8. The molecule has 0 saturated carbocycles. The Balaban J connectivity index is 1.42. The van der Waals surface area contributed by atoms with Crippen LogP contribution in [0.3, 0.4) is 0 Å². The van der Waals surface area contributed by atoms with Crippen molar-refractivity contribution in [3.8, 4) is 0 Å². The molecule has 2 aromatic heterocycles. The normalized spacial score (nSPS) is 16.6. The lowest BCUT2D eigenvalue weighted by Gasteiger charge is -2.36. The summed E-state index contributed by atoms with van der Waals surface area (Å²) >= 11 is 1.75. The van der Waals surface area contributed by atoms with Crippen LogP contribution in [0.4, 0.5) is 0 Å². The summed E-state index contributed by atoms with van der Waals surface area (Å²) in [5, 5.41) is 11.0. The minimum Gasteiger partial charge on any atom is -0.361 e. The first-order chi connectivity index (χ1) is 13.3. The lowest BCUT2D eigenvalue weighted by atomic mass is 9.93. The zero-order chi connectivity index (χ0) is 20.1. The van der Waals surface area contributed by atoms with Gasteiger partial charge in [-0.05, 0) is 6.92 Å². The van der Waals surface area contributed by atoms with Gasteiger partial charge in [0.25, 0.3) is 0 Å². The van der Waals surface area contributed by atoms with Crippen LogP contribution < -0.4 is 5.32 Å². The van der Waals surface area contributed by atoms with Crippen molar-refractivity contribution in [1.82, 2.24) is 25.3 Å². The monoisotopic (exact) mass is 404 g/mol. The second-order valence-corrected chi connectivity index (χ2v) is 9.24. The third-order valence-electron chi connectivity index (χ3n) is 4.89. The van der Waals surface area contributed by atoms with Crippen LogP contribution in [-0.4, -0.2) is 65.7 Å². The molecule has 0 radical (unpaired) electrons. The van der Waals surface area contributed by atoms with Gasteiger partial charge in [0.05, 0.1) is 16.4 Å². The lowest BCUT2D eigenvalue weighted by Crippen LogP contribution is -2.52. The Morgan fingerprint density at radius 1 is 1.29 bits per heavy atom. The van der Waals surface area contributed by atoms with E-state index >= 15 is 0 Å². The highest BCUT2D eigenvalue weighted by atomic mass is 32.1. The molecule has 0 aromatic carbocycles. The van der Waals surface area contributed by atoms with Gasteiger partial charge in [-0.3, -0.25) is 9.89 Å². The van der Waals surface area contributed by atoms with E-state index in [0.717, 1.165) is 63.1 Å². The highest BCUT2D eigenvalue weighted by Crippen LogP contribution is 2.23. The van der Waals surface area contributed by atoms with Crippen molar-refractivity contribution in [1.29, 1.82) is 0 Å². The van der Waals surface area contributed by atoms with E-state index in [9.17, 15) is 0 Å². The Morgan fingerprint density at radius 3 is 2.61 bits per heavy atom. The predicted molar refractivity (Wildman–Crippen MR) is 114 cm³/mol. The molecule has 1 aliphatic rings. The zero-order valence-corrected chi connectivity index (χ0v) is 18.5. The zero-order valence-electron chi connectivity index (χ0n) is 17.7. The van der Waals surface area contributed by atoms with E-state index in [4.69, 9.17) is 9.51 Å². The van der Waals surface area contributed by atoms with Crippen molar-refractivity contribution in [3.05, 3.63) is 33.6 Å². The van der Waals surface area contributed by atoms with Gasteiger partial charge in [0.15, 0.2) is 5.96 Å². The van der Waals surface area contributed by atoms with Crippen LogP contribution in [0.1, 0.15) is 42.9 Å². The van der Waals surface area contributed by atoms with Crippen molar-refractivity contribution in [2.45, 2.75) is 46.1 Å². The second kappa shape index (κ2) is 9.05. The van der Waals surface area contributed by atoms with Crippen LogP contribution in [0.25, 0.3) is 0 Å². The molecule has 2 aromatic rings. The van der Waals surface area contributed by atoms with E-state index < -0.39 is 0 Å². The van der Waals surface area contributed by atoms with Crippen LogP contribution in [0.2, 0.25) is 0 Å². The molecule has 28 heavy (non-hydrogen) atoms. The van der Waals surface area contributed by atoms with E-state index in [0.29, 0.717) is 0 Å². The van der Waals surface area contributed by atoms with E-state index in [1.54, 1.807) is 11.3 Å². The van der Waals surface area contributed by atoms with Gasteiger partial charge in [0.1, 0.15) is 5.76 Å². The maximum absolute atomic E-state index is 5.16. The maximum Gasteiger partial charge on any atom is 0.193 e. The van der Waals surface area contributed by atoms with Crippen LogP contribution >= 0.6 is 11.3 Å². The number of aryl methyl sites for hydroxylation is 1. The molecule has 0 unspecified atom stereocenters. The number of aromatic nitrogens is 2. The van der Waals surface area contributed by atoms with Crippen molar-refractivity contribution in [3.63, 3.8) is 0 Å². The summed E-state index contributed by atoms with van der Waals surface area (Å²) < 4.78 is 5.16. The number of piperazine rings is 1. The lowest BCUT2D eigenvalue weighted by molar-refractivity contribution is 0.169. The first-order valence-corrected chi connectivity index (χ1v) is 10.8. The molecule has 0 atom stereocenters. The van der Waals surface area contributed by atoms with Gasteiger partial charge in [-0.2, -0.15) is 0 Å². The molecule has 154 valence electrons. The molecule has 1 saturated heterocycles. The number of nitrogens with one attached hydrogen (secondary N) is 1. The summed E-state index contributed by atoms with van der Waals surface area (Å²) in [7, 11) is 1.86. The summed E-state index contributed by atoms with van der Waals surface area (Å²) in [4.78, 5) is 14.0. The van der Waals surface area contributed by atoms with E-state index in [-0.39, 0.29) is 5.41 Å². The summed E-state index contributed by atoms with van der Waals surface area (Å²) in [6, 6.07) is 2.01. The average molecular weight is 405 g/mol. The molecule has 3 heterocycles. The van der Waals surface area contributed by atoms with Crippen molar-refractivity contribution >= 4 is 17.3 Å². The third-order valence-corrected chi connectivity index (χ3v) is 5.80. The number of rotatable bonds is 5. The number of thiazole rings is 1. The minimum atomic E-state index is 0.114. The van der Waals surface area contributed by atoms with Crippen LogP contribution in [-0.2, 0) is 18.4 Å². The van der Waals surface area contributed by atoms with Gasteiger partial charge in [-0.25, -0.2) is 4.98 Å². The first-order valence-electron chi connectivity index (χ1n) is 9.90. The molecule has 1 N–H and O–H groups in total. The molecule has 3 rings (SSSR count). The molecule has 0 spiro atoms. The van der Waals surface area contributed by atoms with Crippen molar-refractivity contribution < 1.29 is 4.52 Å². The van der Waals surface area contributed by atoms with Gasteiger partial charge in [-0.1, -0.05) is 25.9 Å². The fourth-order valence-corrected chi connectivity index (χ4v) is 4.25. The van der Waals surface area contributed by atoms with Crippen LogP contribution in [0.5, 0.6) is 0 Å². The number of hydrogen-bond acceptors (Lipinski definition) is 6. The quantitative estimate of drug-likeness (QED) is 0.610. The topological polar surface area (TPSA) is 69.8 Å². The molecular formula is C20H32N6OS. The summed E-state index contributed by atoms with van der Waals surface area (Å²) in [5.74, 6) is 1.85. The summed E-state index contributed by atoms with van der Waals surface area (Å²) in [5.41, 5.74) is 2.30. The largest absolute Gasteiger partial charge is 0.361 e. The molecule has 1 aliphatic heterocycles. The Kier molecular flexibility index (Phi) is 6.72. The molecule has 8 heteroatoms. The Morgan fingerprint density at radius 2 is 2.04 bits per heavy atom. The SMILES string of the molecule is CN=C(NCCc1nc(C(C)(C)C)cs1)N1CCN(Cc2cc(C)on2)CC1. The van der Waals surface area contributed by atoms with Gasteiger partial charge in [0, 0.05) is 69.6 Å². The van der Waals surface area contributed by atoms with E-state index in [2.05, 4.69) is 51.4 Å². The Bertz CT molecular complexity index is 783. The van der Waals surface area contributed by atoms with Gasteiger partial charge in [0.2, 0.25) is 0 Å². The van der Waals surface area contributed by atoms with Crippen molar-refractivity contribution in [2.24, 2.45) is 4.99 Å². The predicted octanol–water partition coefficient (Wildman–Crippen LogP) is 2.67. The molecular weight excluding hydrogens is 372 g/mol. The highest BCUT2D eigenvalue weighted by Gasteiger charge is 2.21. The van der Waals surface area contributed by atoms with Gasteiger partial charge in [-0.15, -0.1) is 11.3 Å². The van der Waals surface area contributed by atoms with Gasteiger partial charge >= 0.3 is 0 Å². The minimum absolute atomic E-state index is 0.114. The molecule has 0 aliphatic carbocycles. The standard InChI is InChI=1S/C20H32N6OS/c1-15-12-16(24-27-15)13-25-8-10-26(11-9-25)19(21-5)22-7-6-18-23-17(14-28-18)20(2,3)4/h12,14H,6-11,13H2,1-5H3,(H,21,22). The fourth-order valence-electron chi connectivity index (χ4n) is 3.22. The molecule has 0 bridgehead atoms. The summed E-state index contributed by atoms with van der Waals surface area (Å²) in [6.07, 6.45) is 0.922. The highest BCUT2D eigenvalue weighted by molar-refractivity contribution is 7.09. The summed E-state index contributed by atoms with van der Waals surface area (Å²) in [6.45, 7) is 14.1. The number of nitrogens with zero attached hydrogens (tertiary/aromatic N) is 5. The molecule has 7 nitrogen and oxygen atoms in total. The van der Waals surface area contributed by atoms with Gasteiger partial charge < -0.3 is 14.7 Å². The Labute approximate surface area is 171 Å². The molecule has 0 amide bonds.